The number of halogens is 1. The van der Waals surface area contributed by atoms with Crippen molar-refractivity contribution in [3.05, 3.63) is 45.9 Å². The number of carbonyl (C=O) groups excluding carboxylic acids is 2. The number of hydrogen-bond donors (Lipinski definition) is 1. The average Bonchev–Trinajstić information content (AvgIpc) is 3.41. The molecule has 4 rings (SSSR count). The van der Waals surface area contributed by atoms with Gasteiger partial charge in [-0.2, -0.15) is 0 Å². The van der Waals surface area contributed by atoms with E-state index in [-0.39, 0.29) is 17.7 Å². The van der Waals surface area contributed by atoms with Gasteiger partial charge in [-0.3, -0.25) is 9.59 Å². The lowest BCUT2D eigenvalue weighted by Crippen LogP contribution is -2.43. The van der Waals surface area contributed by atoms with Crippen molar-refractivity contribution in [2.75, 3.05) is 18.4 Å². The Morgan fingerprint density at radius 1 is 1.19 bits per heavy atom. The summed E-state index contributed by atoms with van der Waals surface area (Å²) in [6.07, 6.45) is 4.00. The Kier molecular flexibility index (Phi) is 4.96. The summed E-state index contributed by atoms with van der Waals surface area (Å²) >= 11 is 7.37. The number of thiazole rings is 1. The minimum Gasteiger partial charge on any atom is -0.338 e. The van der Waals surface area contributed by atoms with E-state index in [0.717, 1.165) is 18.5 Å². The highest BCUT2D eigenvalue weighted by Gasteiger charge is 2.30. The molecule has 0 radical (unpaired) electrons. The fourth-order valence-electron chi connectivity index (χ4n) is 3.27. The Morgan fingerprint density at radius 2 is 1.96 bits per heavy atom. The second kappa shape index (κ2) is 7.37. The highest BCUT2D eigenvalue weighted by atomic mass is 35.5. The van der Waals surface area contributed by atoms with Gasteiger partial charge in [0.25, 0.3) is 5.91 Å². The van der Waals surface area contributed by atoms with Gasteiger partial charge in [-0.15, -0.1) is 11.3 Å². The fourth-order valence-corrected chi connectivity index (χ4v) is 4.19. The predicted molar refractivity (Wildman–Crippen MR) is 103 cm³/mol. The van der Waals surface area contributed by atoms with Crippen molar-refractivity contribution in [3.63, 3.8) is 0 Å². The van der Waals surface area contributed by atoms with Gasteiger partial charge in [0.05, 0.1) is 11.6 Å². The van der Waals surface area contributed by atoms with E-state index in [4.69, 9.17) is 11.6 Å². The number of nitrogens with zero attached hydrogens (tertiary/aromatic N) is 2. The molecular formula is C19H20ClN3O2S. The second-order valence-electron chi connectivity index (χ2n) is 6.94. The zero-order valence-corrected chi connectivity index (χ0v) is 15.9. The molecule has 1 aromatic heterocycles. The number of likely N-dealkylation sites (tertiary alicyclic amines) is 1. The summed E-state index contributed by atoms with van der Waals surface area (Å²) in [5, 5.41) is 6.23. The van der Waals surface area contributed by atoms with Crippen molar-refractivity contribution in [1.29, 1.82) is 0 Å². The minimum absolute atomic E-state index is 0.0460. The van der Waals surface area contributed by atoms with E-state index in [9.17, 15) is 9.59 Å². The van der Waals surface area contributed by atoms with Crippen molar-refractivity contribution in [3.8, 4) is 0 Å². The maximum absolute atomic E-state index is 12.7. The van der Waals surface area contributed by atoms with Crippen LogP contribution in [0, 0.1) is 5.92 Å². The maximum Gasteiger partial charge on any atom is 0.253 e. The first-order valence-corrected chi connectivity index (χ1v) is 10.2. The molecule has 2 heterocycles. The lowest BCUT2D eigenvalue weighted by Gasteiger charge is -2.32. The summed E-state index contributed by atoms with van der Waals surface area (Å²) < 4.78 is 0. The second-order valence-corrected chi connectivity index (χ2v) is 8.23. The van der Waals surface area contributed by atoms with Crippen molar-refractivity contribution >= 4 is 39.9 Å². The van der Waals surface area contributed by atoms with Gasteiger partial charge in [0.2, 0.25) is 5.91 Å². The highest BCUT2D eigenvalue weighted by molar-refractivity contribution is 7.13. The van der Waals surface area contributed by atoms with Crippen molar-refractivity contribution in [2.24, 2.45) is 5.92 Å². The number of hydrogen-bond acceptors (Lipinski definition) is 4. The van der Waals surface area contributed by atoms with E-state index in [0.29, 0.717) is 34.7 Å². The van der Waals surface area contributed by atoms with Crippen LogP contribution in [0.2, 0.25) is 5.02 Å². The Hall–Kier alpha value is -1.92. The molecule has 5 nitrogen and oxygen atoms in total. The van der Waals surface area contributed by atoms with Crippen LogP contribution in [0.4, 0.5) is 5.13 Å². The summed E-state index contributed by atoms with van der Waals surface area (Å²) in [7, 11) is 0. The van der Waals surface area contributed by atoms with Crippen LogP contribution in [-0.4, -0.2) is 34.8 Å². The molecule has 7 heteroatoms. The molecule has 1 aromatic carbocycles. The number of benzene rings is 1. The summed E-state index contributed by atoms with van der Waals surface area (Å²) in [5.41, 5.74) is 1.69. The molecule has 26 heavy (non-hydrogen) atoms. The van der Waals surface area contributed by atoms with Gasteiger partial charge in [0.15, 0.2) is 5.13 Å². The third-order valence-corrected chi connectivity index (χ3v) is 5.95. The zero-order valence-electron chi connectivity index (χ0n) is 14.3. The molecule has 1 unspecified atom stereocenters. The molecule has 0 spiro atoms. The predicted octanol–water partition coefficient (Wildman–Crippen LogP) is 4.16. The zero-order chi connectivity index (χ0) is 18.1. The Morgan fingerprint density at radius 3 is 2.69 bits per heavy atom. The molecule has 1 aliphatic heterocycles. The first kappa shape index (κ1) is 17.5. The number of anilines is 1. The first-order chi connectivity index (χ1) is 12.6. The molecule has 1 aliphatic carbocycles. The van der Waals surface area contributed by atoms with Crippen LogP contribution in [0.5, 0.6) is 0 Å². The van der Waals surface area contributed by atoms with Gasteiger partial charge in [0, 0.05) is 35.0 Å². The standard InChI is InChI=1S/C19H20ClN3O2S/c20-15-7-5-13(6-8-15)18(25)23-9-1-2-14(10-23)17(24)22-19-21-16(11-26-19)12-3-4-12/h5-8,11-12,14H,1-4,9-10H2,(H,21,22,24). The Bertz CT molecular complexity index is 816. The van der Waals surface area contributed by atoms with E-state index >= 15 is 0 Å². The molecular weight excluding hydrogens is 370 g/mol. The third kappa shape index (κ3) is 3.91. The van der Waals surface area contributed by atoms with Crippen LogP contribution in [0.1, 0.15) is 47.7 Å². The average molecular weight is 390 g/mol. The number of rotatable bonds is 4. The summed E-state index contributed by atoms with van der Waals surface area (Å²) in [6.45, 7) is 1.11. The van der Waals surface area contributed by atoms with Gasteiger partial charge in [-0.05, 0) is 49.9 Å². The monoisotopic (exact) mass is 389 g/mol. The molecule has 2 fully saturated rings. The van der Waals surface area contributed by atoms with Crippen LogP contribution in [0.15, 0.2) is 29.6 Å². The molecule has 136 valence electrons. The number of piperidine rings is 1. The lowest BCUT2D eigenvalue weighted by molar-refractivity contribution is -0.121. The van der Waals surface area contributed by atoms with E-state index in [1.54, 1.807) is 29.2 Å². The topological polar surface area (TPSA) is 62.3 Å². The molecule has 1 saturated carbocycles. The largest absolute Gasteiger partial charge is 0.338 e. The van der Waals surface area contributed by atoms with Crippen LogP contribution in [-0.2, 0) is 4.79 Å². The van der Waals surface area contributed by atoms with Gasteiger partial charge in [-0.25, -0.2) is 4.98 Å². The van der Waals surface area contributed by atoms with Gasteiger partial charge in [-0.1, -0.05) is 11.6 Å². The quantitative estimate of drug-likeness (QED) is 0.853. The molecule has 1 saturated heterocycles. The summed E-state index contributed by atoms with van der Waals surface area (Å²) in [6, 6.07) is 6.87. The highest BCUT2D eigenvalue weighted by Crippen LogP contribution is 2.41. The third-order valence-electron chi connectivity index (χ3n) is 4.92. The first-order valence-electron chi connectivity index (χ1n) is 8.91. The number of amides is 2. The molecule has 2 amide bonds. The molecule has 1 N–H and O–H groups in total. The fraction of sp³-hybridized carbons (Fsp3) is 0.421. The lowest BCUT2D eigenvalue weighted by atomic mass is 9.96. The minimum atomic E-state index is -0.201. The van der Waals surface area contributed by atoms with E-state index in [1.165, 1.54) is 24.2 Å². The van der Waals surface area contributed by atoms with Gasteiger partial charge < -0.3 is 10.2 Å². The van der Waals surface area contributed by atoms with Crippen LogP contribution >= 0.6 is 22.9 Å². The van der Waals surface area contributed by atoms with E-state index in [1.807, 2.05) is 5.38 Å². The number of carbonyl (C=O) groups is 2. The van der Waals surface area contributed by atoms with Crippen molar-refractivity contribution < 1.29 is 9.59 Å². The SMILES string of the molecule is O=C(Nc1nc(C2CC2)cs1)C1CCCN(C(=O)c2ccc(Cl)cc2)C1. The van der Waals surface area contributed by atoms with Crippen LogP contribution in [0.3, 0.4) is 0 Å². The molecule has 0 bridgehead atoms. The Labute approximate surface area is 161 Å². The van der Waals surface area contributed by atoms with Gasteiger partial charge >= 0.3 is 0 Å². The number of aromatic nitrogens is 1. The van der Waals surface area contributed by atoms with E-state index < -0.39 is 0 Å². The molecule has 2 aromatic rings. The van der Waals surface area contributed by atoms with E-state index in [2.05, 4.69) is 10.3 Å². The van der Waals surface area contributed by atoms with Crippen LogP contribution in [0.25, 0.3) is 0 Å². The van der Waals surface area contributed by atoms with Gasteiger partial charge in [0.1, 0.15) is 0 Å². The molecule has 1 atom stereocenters. The summed E-state index contributed by atoms with van der Waals surface area (Å²) in [4.78, 5) is 31.5. The smallest absolute Gasteiger partial charge is 0.253 e. The van der Waals surface area contributed by atoms with Crippen molar-refractivity contribution in [2.45, 2.75) is 31.6 Å². The Balaban J connectivity index is 1.38. The molecule has 2 aliphatic rings. The normalized spacial score (nSPS) is 20.0. The summed E-state index contributed by atoms with van der Waals surface area (Å²) in [5.74, 6) is 0.284. The van der Waals surface area contributed by atoms with Crippen molar-refractivity contribution in [1.82, 2.24) is 9.88 Å². The maximum atomic E-state index is 12.7. The number of nitrogens with one attached hydrogen (secondary N) is 1. The van der Waals surface area contributed by atoms with Crippen LogP contribution < -0.4 is 5.32 Å².